The fraction of sp³-hybridized carbons (Fsp3) is 0.471. The molecule has 0 aromatic heterocycles. The summed E-state index contributed by atoms with van der Waals surface area (Å²) < 4.78 is 4.41. The second kappa shape index (κ2) is 7.81. The molecule has 0 unspecified atom stereocenters. The first-order valence-electron chi connectivity index (χ1n) is 7.84. The van der Waals surface area contributed by atoms with Crippen LogP contribution in [0.25, 0.3) is 0 Å². The molecule has 0 bridgehead atoms. The van der Waals surface area contributed by atoms with Crippen LogP contribution >= 0.6 is 0 Å². The van der Waals surface area contributed by atoms with E-state index in [4.69, 9.17) is 0 Å². The van der Waals surface area contributed by atoms with Gasteiger partial charge in [0.15, 0.2) is 0 Å². The minimum absolute atomic E-state index is 0.0343. The van der Waals surface area contributed by atoms with Gasteiger partial charge in [-0.15, -0.1) is 0 Å². The number of methoxy groups -OCH3 is 1. The second-order valence-electron chi connectivity index (χ2n) is 5.89. The van der Waals surface area contributed by atoms with Gasteiger partial charge in [0.2, 0.25) is 11.8 Å². The average Bonchev–Trinajstić information content (AvgIpc) is 2.57. The summed E-state index contributed by atoms with van der Waals surface area (Å²) in [7, 11) is 1.23. The summed E-state index contributed by atoms with van der Waals surface area (Å²) >= 11 is 0. The van der Waals surface area contributed by atoms with Gasteiger partial charge in [-0.1, -0.05) is 18.2 Å². The molecule has 0 spiro atoms. The number of aryl methyl sites for hydroxylation is 2. The van der Waals surface area contributed by atoms with Crippen LogP contribution in [0, 0.1) is 13.8 Å². The third kappa shape index (κ3) is 4.47. The highest BCUT2D eigenvalue weighted by molar-refractivity contribution is 5.88. The van der Waals surface area contributed by atoms with Crippen molar-refractivity contribution in [3.63, 3.8) is 0 Å². The largest absolute Gasteiger partial charge is 0.453 e. The van der Waals surface area contributed by atoms with Crippen molar-refractivity contribution in [2.24, 2.45) is 0 Å². The molecular formula is C17H23N3O4. The molecule has 2 rings (SSSR count). The first-order chi connectivity index (χ1) is 11.4. The Morgan fingerprint density at radius 1 is 1.21 bits per heavy atom. The van der Waals surface area contributed by atoms with Crippen molar-refractivity contribution in [1.82, 2.24) is 15.1 Å². The van der Waals surface area contributed by atoms with E-state index in [0.29, 0.717) is 19.6 Å². The van der Waals surface area contributed by atoms with E-state index in [1.165, 1.54) is 23.1 Å². The van der Waals surface area contributed by atoms with Gasteiger partial charge in [0.05, 0.1) is 13.7 Å². The number of ether oxygens (including phenoxy) is 1. The predicted octanol–water partition coefficient (Wildman–Crippen LogP) is 0.830. The molecule has 7 heteroatoms. The van der Waals surface area contributed by atoms with Crippen LogP contribution < -0.4 is 5.32 Å². The summed E-state index contributed by atoms with van der Waals surface area (Å²) in [5.41, 5.74) is 3.50. The number of carbonyl (C=O) groups excluding carboxylic acids is 3. The predicted molar refractivity (Wildman–Crippen MR) is 88.3 cm³/mol. The Morgan fingerprint density at radius 2 is 1.96 bits per heavy atom. The number of carbonyl (C=O) groups is 3. The van der Waals surface area contributed by atoms with E-state index in [0.717, 1.165) is 5.56 Å². The zero-order valence-electron chi connectivity index (χ0n) is 14.3. The Morgan fingerprint density at radius 3 is 2.58 bits per heavy atom. The monoisotopic (exact) mass is 333 g/mol. The van der Waals surface area contributed by atoms with Crippen molar-refractivity contribution in [3.05, 3.63) is 34.9 Å². The van der Waals surface area contributed by atoms with E-state index >= 15 is 0 Å². The number of benzene rings is 1. The SMILES string of the molecule is COC(=O)NCC(=O)N1CCN(Cc2ccc(C)c(C)c2)C(=O)C1. The highest BCUT2D eigenvalue weighted by Crippen LogP contribution is 2.14. The van der Waals surface area contributed by atoms with Gasteiger partial charge in [-0.25, -0.2) is 4.79 Å². The van der Waals surface area contributed by atoms with Gasteiger partial charge in [0, 0.05) is 19.6 Å². The van der Waals surface area contributed by atoms with Gasteiger partial charge >= 0.3 is 6.09 Å². The molecule has 1 aromatic carbocycles. The molecule has 1 saturated heterocycles. The van der Waals surface area contributed by atoms with Crippen LogP contribution in [0.2, 0.25) is 0 Å². The Balaban J connectivity index is 1.88. The highest BCUT2D eigenvalue weighted by atomic mass is 16.5. The van der Waals surface area contributed by atoms with Crippen molar-refractivity contribution in [3.8, 4) is 0 Å². The molecule has 1 N–H and O–H groups in total. The summed E-state index contributed by atoms with van der Waals surface area (Å²) in [5.74, 6) is -0.384. The average molecular weight is 333 g/mol. The molecule has 130 valence electrons. The molecule has 24 heavy (non-hydrogen) atoms. The molecule has 0 atom stereocenters. The lowest BCUT2D eigenvalue weighted by molar-refractivity contribution is -0.145. The van der Waals surface area contributed by atoms with E-state index in [9.17, 15) is 14.4 Å². The number of hydrogen-bond donors (Lipinski definition) is 1. The van der Waals surface area contributed by atoms with Gasteiger partial charge in [0.25, 0.3) is 0 Å². The van der Waals surface area contributed by atoms with Crippen LogP contribution in [-0.2, 0) is 20.9 Å². The molecule has 1 aromatic rings. The van der Waals surface area contributed by atoms with Crippen LogP contribution in [0.4, 0.5) is 4.79 Å². The smallest absolute Gasteiger partial charge is 0.407 e. The molecule has 0 saturated carbocycles. The van der Waals surface area contributed by atoms with E-state index in [1.807, 2.05) is 19.1 Å². The van der Waals surface area contributed by atoms with Gasteiger partial charge in [-0.05, 0) is 30.5 Å². The summed E-state index contributed by atoms with van der Waals surface area (Å²) in [6.07, 6.45) is -0.664. The Bertz CT molecular complexity index is 645. The van der Waals surface area contributed by atoms with Crippen LogP contribution in [-0.4, -0.2) is 61.0 Å². The maximum Gasteiger partial charge on any atom is 0.407 e. The molecule has 0 aliphatic carbocycles. The molecule has 1 aliphatic heterocycles. The van der Waals surface area contributed by atoms with E-state index < -0.39 is 6.09 Å². The number of alkyl carbamates (subject to hydrolysis) is 1. The Labute approximate surface area is 141 Å². The van der Waals surface area contributed by atoms with E-state index in [1.54, 1.807) is 4.90 Å². The number of piperazine rings is 1. The topological polar surface area (TPSA) is 79.0 Å². The van der Waals surface area contributed by atoms with Crippen molar-refractivity contribution >= 4 is 17.9 Å². The molecule has 7 nitrogen and oxygen atoms in total. The third-order valence-electron chi connectivity index (χ3n) is 4.19. The zero-order chi connectivity index (χ0) is 17.7. The van der Waals surface area contributed by atoms with Gasteiger partial charge in [-0.3, -0.25) is 9.59 Å². The number of nitrogens with zero attached hydrogens (tertiary/aromatic N) is 2. The first kappa shape index (κ1) is 17.8. The summed E-state index contributed by atoms with van der Waals surface area (Å²) in [4.78, 5) is 38.5. The van der Waals surface area contributed by atoms with Crippen molar-refractivity contribution < 1.29 is 19.1 Å². The maximum absolute atomic E-state index is 12.3. The standard InChI is InChI=1S/C17H23N3O4/c1-12-4-5-14(8-13(12)2)10-19-6-7-20(11-16(19)22)15(21)9-18-17(23)24-3/h4-5,8H,6-7,9-11H2,1-3H3,(H,18,23). The summed E-state index contributed by atoms with van der Waals surface area (Å²) in [6, 6.07) is 6.15. The molecule has 1 fully saturated rings. The minimum atomic E-state index is -0.664. The first-order valence-corrected chi connectivity index (χ1v) is 7.84. The van der Waals surface area contributed by atoms with Crippen molar-refractivity contribution in [2.75, 3.05) is 33.3 Å². The molecule has 0 radical (unpaired) electrons. The van der Waals surface area contributed by atoms with E-state index in [2.05, 4.69) is 23.0 Å². The van der Waals surface area contributed by atoms with Crippen LogP contribution in [0.1, 0.15) is 16.7 Å². The molecule has 1 heterocycles. The van der Waals surface area contributed by atoms with Gasteiger partial charge in [-0.2, -0.15) is 0 Å². The Kier molecular flexibility index (Phi) is 5.78. The minimum Gasteiger partial charge on any atom is -0.453 e. The quantitative estimate of drug-likeness (QED) is 0.885. The number of amides is 3. The van der Waals surface area contributed by atoms with Crippen LogP contribution in [0.15, 0.2) is 18.2 Å². The summed E-state index contributed by atoms with van der Waals surface area (Å²) in [5, 5.41) is 2.33. The van der Waals surface area contributed by atoms with Gasteiger partial charge in [0.1, 0.15) is 6.54 Å². The molecule has 3 amide bonds. The second-order valence-corrected chi connectivity index (χ2v) is 5.89. The zero-order valence-corrected chi connectivity index (χ0v) is 14.3. The van der Waals surface area contributed by atoms with E-state index in [-0.39, 0.29) is 24.9 Å². The normalized spacial score (nSPS) is 14.5. The van der Waals surface area contributed by atoms with Crippen molar-refractivity contribution in [2.45, 2.75) is 20.4 Å². The lowest BCUT2D eigenvalue weighted by atomic mass is 10.1. The van der Waals surface area contributed by atoms with Crippen LogP contribution in [0.5, 0.6) is 0 Å². The number of nitrogens with one attached hydrogen (secondary N) is 1. The maximum atomic E-state index is 12.3. The molecular weight excluding hydrogens is 310 g/mol. The lowest BCUT2D eigenvalue weighted by Crippen LogP contribution is -2.53. The number of hydrogen-bond acceptors (Lipinski definition) is 4. The summed E-state index contributed by atoms with van der Waals surface area (Å²) in [6.45, 7) is 5.45. The molecule has 1 aliphatic rings. The van der Waals surface area contributed by atoms with Crippen molar-refractivity contribution in [1.29, 1.82) is 0 Å². The van der Waals surface area contributed by atoms with Gasteiger partial charge < -0.3 is 19.9 Å². The fourth-order valence-electron chi connectivity index (χ4n) is 2.54. The fourth-order valence-corrected chi connectivity index (χ4v) is 2.54. The number of rotatable bonds is 4. The van der Waals surface area contributed by atoms with Crippen LogP contribution in [0.3, 0.4) is 0 Å². The Hall–Kier alpha value is -2.57. The lowest BCUT2D eigenvalue weighted by Gasteiger charge is -2.34. The highest BCUT2D eigenvalue weighted by Gasteiger charge is 2.27. The third-order valence-corrected chi connectivity index (χ3v) is 4.19.